The van der Waals surface area contributed by atoms with Crippen LogP contribution >= 0.6 is 7.82 Å². The van der Waals surface area contributed by atoms with Crippen molar-refractivity contribution in [3.8, 4) is 0 Å². The Morgan fingerprint density at radius 3 is 1.06 bits per heavy atom. The topological polar surface area (TPSA) is 92.7 Å². The van der Waals surface area contributed by atoms with Gasteiger partial charge in [0, 0.05) is 26.4 Å². The first-order chi connectivity index (χ1) is 15.0. The fourth-order valence-corrected chi connectivity index (χ4v) is 3.51. The summed E-state index contributed by atoms with van der Waals surface area (Å²) in [6.07, 6.45) is 6.35. The van der Waals surface area contributed by atoms with Crippen molar-refractivity contribution < 1.29 is 37.5 Å². The molecule has 0 aliphatic heterocycles. The Morgan fingerprint density at radius 2 is 0.839 bits per heavy atom. The zero-order valence-corrected chi connectivity index (χ0v) is 21.1. The molecule has 0 bridgehead atoms. The van der Waals surface area contributed by atoms with Crippen LogP contribution in [0.3, 0.4) is 0 Å². The third-order valence-corrected chi connectivity index (χ3v) is 5.48. The van der Waals surface area contributed by atoms with E-state index in [-0.39, 0.29) is 26.4 Å². The number of phosphoric acid groups is 1. The van der Waals surface area contributed by atoms with Crippen molar-refractivity contribution in [2.75, 3.05) is 52.9 Å². The molecule has 0 spiro atoms. The molecule has 0 unspecified atom stereocenters. The second-order valence-corrected chi connectivity index (χ2v) is 9.00. The SMILES string of the molecule is CCCCOCC(COCCCC)OP(=O)(O)OC(COCCCC)COCCCC. The molecule has 0 aromatic carbocycles. The molecular weight excluding hydrogens is 423 g/mol. The normalized spacial score (nSPS) is 12.4. The Hall–Kier alpha value is -0.0500. The molecule has 0 aliphatic carbocycles. The zero-order valence-electron chi connectivity index (χ0n) is 20.2. The van der Waals surface area contributed by atoms with E-state index in [4.69, 9.17) is 28.0 Å². The average molecular weight is 471 g/mol. The van der Waals surface area contributed by atoms with Crippen molar-refractivity contribution in [3.05, 3.63) is 0 Å². The summed E-state index contributed by atoms with van der Waals surface area (Å²) in [4.78, 5) is 10.4. The van der Waals surface area contributed by atoms with Crippen LogP contribution in [0.5, 0.6) is 0 Å². The molecule has 1 N–H and O–H groups in total. The van der Waals surface area contributed by atoms with Crippen molar-refractivity contribution in [3.63, 3.8) is 0 Å². The van der Waals surface area contributed by atoms with Gasteiger partial charge in [-0.1, -0.05) is 53.4 Å². The van der Waals surface area contributed by atoms with Gasteiger partial charge >= 0.3 is 7.82 Å². The summed E-state index contributed by atoms with van der Waals surface area (Å²) in [5.41, 5.74) is 0. The number of rotatable bonds is 24. The van der Waals surface area contributed by atoms with Crippen LogP contribution < -0.4 is 0 Å². The highest BCUT2D eigenvalue weighted by atomic mass is 31.2. The first kappa shape index (κ1) is 30.9. The summed E-state index contributed by atoms with van der Waals surface area (Å²) in [5, 5.41) is 0. The molecule has 0 saturated heterocycles. The Kier molecular flexibility index (Phi) is 21.7. The van der Waals surface area contributed by atoms with Crippen LogP contribution in [0.15, 0.2) is 0 Å². The van der Waals surface area contributed by atoms with Gasteiger partial charge in [-0.3, -0.25) is 9.05 Å². The van der Waals surface area contributed by atoms with E-state index in [2.05, 4.69) is 27.7 Å². The van der Waals surface area contributed by atoms with E-state index in [1.807, 2.05) is 0 Å². The average Bonchev–Trinajstić information content (AvgIpc) is 2.74. The lowest BCUT2D eigenvalue weighted by Crippen LogP contribution is -2.29. The Morgan fingerprint density at radius 1 is 0.581 bits per heavy atom. The standard InChI is InChI=1S/C22H47O8P/c1-5-9-13-25-17-21(18-26-14-10-6-2)29-31(23,24)30-22(19-27-15-11-7-3)20-28-16-12-8-4/h21-22H,5-20H2,1-4H3,(H,23,24). The van der Waals surface area contributed by atoms with Gasteiger partial charge in [0.05, 0.1) is 26.4 Å². The third-order valence-electron chi connectivity index (χ3n) is 4.35. The Balaban J connectivity index is 4.74. The van der Waals surface area contributed by atoms with Crippen LogP contribution in [-0.2, 0) is 32.6 Å². The molecule has 188 valence electrons. The number of phosphoric ester groups is 1. The van der Waals surface area contributed by atoms with Crippen molar-refractivity contribution in [2.24, 2.45) is 0 Å². The van der Waals surface area contributed by atoms with E-state index in [0.29, 0.717) is 26.4 Å². The predicted molar refractivity (Wildman–Crippen MR) is 122 cm³/mol. The smallest absolute Gasteiger partial charge is 0.379 e. The fraction of sp³-hybridized carbons (Fsp3) is 1.00. The predicted octanol–water partition coefficient (Wildman–Crippen LogP) is 5.12. The third kappa shape index (κ3) is 20.3. The highest BCUT2D eigenvalue weighted by Crippen LogP contribution is 2.46. The van der Waals surface area contributed by atoms with Crippen molar-refractivity contribution in [1.29, 1.82) is 0 Å². The minimum Gasteiger partial charge on any atom is -0.379 e. The molecule has 0 aromatic heterocycles. The molecule has 0 aromatic rings. The summed E-state index contributed by atoms with van der Waals surface area (Å²) in [6.45, 7) is 11.3. The lowest BCUT2D eigenvalue weighted by Gasteiger charge is -2.24. The maximum Gasteiger partial charge on any atom is 0.473 e. The Labute approximate surface area is 189 Å². The van der Waals surface area contributed by atoms with Crippen molar-refractivity contribution >= 4 is 7.82 Å². The number of unbranched alkanes of at least 4 members (excludes halogenated alkanes) is 4. The summed E-state index contributed by atoms with van der Waals surface area (Å²) >= 11 is 0. The maximum atomic E-state index is 12.7. The van der Waals surface area contributed by atoms with E-state index >= 15 is 0 Å². The van der Waals surface area contributed by atoms with Crippen LogP contribution in [0.25, 0.3) is 0 Å². The monoisotopic (exact) mass is 470 g/mol. The van der Waals surface area contributed by atoms with Crippen molar-refractivity contribution in [2.45, 2.75) is 91.3 Å². The lowest BCUT2D eigenvalue weighted by atomic mass is 10.3. The summed E-state index contributed by atoms with van der Waals surface area (Å²) < 4.78 is 45.8. The van der Waals surface area contributed by atoms with E-state index in [1.54, 1.807) is 0 Å². The summed E-state index contributed by atoms with van der Waals surface area (Å²) in [5.74, 6) is 0. The van der Waals surface area contributed by atoms with E-state index in [0.717, 1.165) is 51.4 Å². The molecular formula is C22H47O8P. The molecule has 0 radical (unpaired) electrons. The van der Waals surface area contributed by atoms with Crippen LogP contribution in [0.1, 0.15) is 79.1 Å². The van der Waals surface area contributed by atoms with E-state index < -0.39 is 20.0 Å². The molecule has 0 heterocycles. The minimum atomic E-state index is -4.35. The largest absolute Gasteiger partial charge is 0.473 e. The molecule has 0 amide bonds. The second-order valence-electron chi connectivity index (χ2n) is 7.64. The molecule has 8 nitrogen and oxygen atoms in total. The van der Waals surface area contributed by atoms with Crippen LogP contribution in [0.4, 0.5) is 0 Å². The second kappa shape index (κ2) is 21.8. The zero-order chi connectivity index (χ0) is 23.2. The number of hydrogen-bond acceptors (Lipinski definition) is 7. The fourth-order valence-electron chi connectivity index (χ4n) is 2.46. The molecule has 31 heavy (non-hydrogen) atoms. The van der Waals surface area contributed by atoms with Gasteiger partial charge < -0.3 is 23.8 Å². The van der Waals surface area contributed by atoms with Gasteiger partial charge in [0.2, 0.25) is 0 Å². The minimum absolute atomic E-state index is 0.171. The first-order valence-corrected chi connectivity index (χ1v) is 13.5. The van der Waals surface area contributed by atoms with Gasteiger partial charge in [-0.2, -0.15) is 0 Å². The van der Waals surface area contributed by atoms with Crippen LogP contribution in [-0.4, -0.2) is 70.0 Å². The highest BCUT2D eigenvalue weighted by molar-refractivity contribution is 7.47. The van der Waals surface area contributed by atoms with Gasteiger partial charge in [-0.05, 0) is 25.7 Å². The first-order valence-electron chi connectivity index (χ1n) is 12.0. The summed E-state index contributed by atoms with van der Waals surface area (Å²) in [7, 11) is -4.35. The van der Waals surface area contributed by atoms with Crippen LogP contribution in [0.2, 0.25) is 0 Å². The number of hydrogen-bond donors (Lipinski definition) is 1. The molecule has 0 saturated carbocycles. The van der Waals surface area contributed by atoms with Gasteiger partial charge in [0.15, 0.2) is 0 Å². The molecule has 0 fully saturated rings. The van der Waals surface area contributed by atoms with E-state index in [9.17, 15) is 9.46 Å². The molecule has 0 atom stereocenters. The maximum absolute atomic E-state index is 12.7. The van der Waals surface area contributed by atoms with Gasteiger partial charge in [-0.25, -0.2) is 4.57 Å². The quantitative estimate of drug-likeness (QED) is 0.153. The highest BCUT2D eigenvalue weighted by Gasteiger charge is 2.31. The molecule has 0 aliphatic rings. The Bertz CT molecular complexity index is 366. The number of ether oxygens (including phenoxy) is 4. The summed E-state index contributed by atoms with van der Waals surface area (Å²) in [6, 6.07) is 0. The van der Waals surface area contributed by atoms with E-state index in [1.165, 1.54) is 0 Å². The van der Waals surface area contributed by atoms with Gasteiger partial charge in [0.25, 0.3) is 0 Å². The van der Waals surface area contributed by atoms with Gasteiger partial charge in [0.1, 0.15) is 12.2 Å². The molecule has 0 rings (SSSR count). The van der Waals surface area contributed by atoms with Crippen LogP contribution in [0, 0.1) is 0 Å². The van der Waals surface area contributed by atoms with Gasteiger partial charge in [-0.15, -0.1) is 0 Å². The lowest BCUT2D eigenvalue weighted by molar-refractivity contribution is -0.0496. The van der Waals surface area contributed by atoms with Crippen molar-refractivity contribution in [1.82, 2.24) is 0 Å². The molecule has 9 heteroatoms.